The third kappa shape index (κ3) is 2.49. The van der Waals surface area contributed by atoms with Gasteiger partial charge in [0.1, 0.15) is 5.54 Å². The van der Waals surface area contributed by atoms with Crippen LogP contribution in [0.1, 0.15) is 25.7 Å². The maximum absolute atomic E-state index is 11.4. The molecule has 2 rings (SSSR count). The summed E-state index contributed by atoms with van der Waals surface area (Å²) >= 11 is 1.56. The molecule has 1 fully saturated rings. The number of hydrogen-bond donors (Lipinski definition) is 2. The first-order chi connectivity index (χ1) is 8.57. The monoisotopic (exact) mass is 271 g/mol. The molecule has 1 aromatic heterocycles. The lowest BCUT2D eigenvalue weighted by Crippen LogP contribution is -2.53. The molecule has 0 bridgehead atoms. The molecule has 1 heterocycles. The second-order valence-corrected chi connectivity index (χ2v) is 5.83. The summed E-state index contributed by atoms with van der Waals surface area (Å²) < 4.78 is 1.61. The van der Waals surface area contributed by atoms with E-state index in [1.807, 2.05) is 0 Å². The van der Waals surface area contributed by atoms with Crippen LogP contribution in [0.15, 0.2) is 5.16 Å². The van der Waals surface area contributed by atoms with Crippen molar-refractivity contribution < 1.29 is 9.90 Å². The summed E-state index contributed by atoms with van der Waals surface area (Å²) in [5.74, 6) is -0.772. The molecule has 1 aliphatic rings. The van der Waals surface area contributed by atoms with Gasteiger partial charge in [0.25, 0.3) is 0 Å². The molecule has 7 nitrogen and oxygen atoms in total. The van der Waals surface area contributed by atoms with E-state index < -0.39 is 11.5 Å². The Bertz CT molecular complexity index is 438. The number of thioether (sulfide) groups is 1. The summed E-state index contributed by atoms with van der Waals surface area (Å²) in [6.07, 6.45) is 3.16. The Morgan fingerprint density at radius 3 is 3.00 bits per heavy atom. The Kier molecular flexibility index (Phi) is 3.86. The molecule has 1 aliphatic carbocycles. The number of hydrogen-bond acceptors (Lipinski definition) is 6. The molecule has 100 valence electrons. The van der Waals surface area contributed by atoms with Gasteiger partial charge >= 0.3 is 5.97 Å². The first-order valence-electron chi connectivity index (χ1n) is 5.89. The molecule has 2 atom stereocenters. The van der Waals surface area contributed by atoms with Crippen molar-refractivity contribution in [1.29, 1.82) is 0 Å². The minimum atomic E-state index is -0.804. The SMILES string of the molecule is CNC1(C(=O)O)CCCC(Sc2nnnn2C)C1. The minimum absolute atomic E-state index is 0.229. The Morgan fingerprint density at radius 2 is 2.44 bits per heavy atom. The van der Waals surface area contributed by atoms with Crippen molar-refractivity contribution in [2.75, 3.05) is 7.05 Å². The second-order valence-electron chi connectivity index (χ2n) is 4.56. The number of carbonyl (C=O) groups is 1. The highest BCUT2D eigenvalue weighted by Gasteiger charge is 2.42. The molecular weight excluding hydrogens is 254 g/mol. The third-order valence-electron chi connectivity index (χ3n) is 3.45. The van der Waals surface area contributed by atoms with E-state index in [2.05, 4.69) is 20.8 Å². The van der Waals surface area contributed by atoms with E-state index in [4.69, 9.17) is 0 Å². The number of carboxylic acids is 1. The minimum Gasteiger partial charge on any atom is -0.480 e. The Morgan fingerprint density at radius 1 is 1.67 bits per heavy atom. The van der Waals surface area contributed by atoms with Gasteiger partial charge in [-0.2, -0.15) is 0 Å². The highest BCUT2D eigenvalue weighted by Crippen LogP contribution is 2.37. The molecule has 8 heteroatoms. The molecule has 2 unspecified atom stereocenters. The summed E-state index contributed by atoms with van der Waals surface area (Å²) in [4.78, 5) is 11.4. The van der Waals surface area contributed by atoms with Crippen LogP contribution < -0.4 is 5.32 Å². The highest BCUT2D eigenvalue weighted by atomic mass is 32.2. The summed E-state index contributed by atoms with van der Waals surface area (Å²) in [5, 5.41) is 24.6. The van der Waals surface area contributed by atoms with Gasteiger partial charge in [0.15, 0.2) is 0 Å². The number of aromatic nitrogens is 4. The fourth-order valence-corrected chi connectivity index (χ4v) is 3.55. The zero-order valence-corrected chi connectivity index (χ0v) is 11.3. The van der Waals surface area contributed by atoms with Crippen molar-refractivity contribution in [1.82, 2.24) is 25.5 Å². The first-order valence-corrected chi connectivity index (χ1v) is 6.77. The fraction of sp³-hybridized carbons (Fsp3) is 0.800. The van der Waals surface area contributed by atoms with Crippen LogP contribution in [0.3, 0.4) is 0 Å². The van der Waals surface area contributed by atoms with Crippen LogP contribution in [0.4, 0.5) is 0 Å². The van der Waals surface area contributed by atoms with Crippen LogP contribution in [0.5, 0.6) is 0 Å². The van der Waals surface area contributed by atoms with Crippen LogP contribution in [-0.4, -0.2) is 49.1 Å². The molecule has 1 aromatic rings. The van der Waals surface area contributed by atoms with Gasteiger partial charge in [-0.25, -0.2) is 4.68 Å². The van der Waals surface area contributed by atoms with Gasteiger partial charge in [-0.3, -0.25) is 4.79 Å². The fourth-order valence-electron chi connectivity index (χ4n) is 2.32. The lowest BCUT2D eigenvalue weighted by atomic mass is 9.81. The van der Waals surface area contributed by atoms with Gasteiger partial charge < -0.3 is 10.4 Å². The van der Waals surface area contributed by atoms with Crippen molar-refractivity contribution in [3.63, 3.8) is 0 Å². The van der Waals surface area contributed by atoms with Crippen LogP contribution in [-0.2, 0) is 11.8 Å². The van der Waals surface area contributed by atoms with E-state index in [9.17, 15) is 9.90 Å². The van der Waals surface area contributed by atoms with E-state index in [-0.39, 0.29) is 5.25 Å². The molecule has 1 saturated carbocycles. The number of nitrogens with one attached hydrogen (secondary N) is 1. The van der Waals surface area contributed by atoms with Gasteiger partial charge in [0.05, 0.1) is 0 Å². The summed E-state index contributed by atoms with van der Waals surface area (Å²) in [6, 6.07) is 0. The van der Waals surface area contributed by atoms with Crippen molar-refractivity contribution in [3.8, 4) is 0 Å². The maximum Gasteiger partial charge on any atom is 0.323 e. The van der Waals surface area contributed by atoms with E-state index in [1.54, 1.807) is 30.5 Å². The maximum atomic E-state index is 11.4. The van der Waals surface area contributed by atoms with Gasteiger partial charge in [-0.1, -0.05) is 11.8 Å². The number of nitrogens with zero attached hydrogens (tertiary/aromatic N) is 4. The standard InChI is InChI=1S/C10H17N5O2S/c1-11-10(8(16)17)5-3-4-7(6-10)18-9-12-13-14-15(9)2/h7,11H,3-6H2,1-2H3,(H,16,17). The molecule has 0 amide bonds. The quantitative estimate of drug-likeness (QED) is 0.812. The molecule has 0 radical (unpaired) electrons. The summed E-state index contributed by atoms with van der Waals surface area (Å²) in [7, 11) is 3.50. The molecule has 18 heavy (non-hydrogen) atoms. The Balaban J connectivity index is 2.07. The Hall–Kier alpha value is -1.15. The van der Waals surface area contributed by atoms with Gasteiger partial charge in [0.2, 0.25) is 5.16 Å². The predicted molar refractivity (Wildman–Crippen MR) is 66.3 cm³/mol. The topological polar surface area (TPSA) is 92.9 Å². The molecule has 2 N–H and O–H groups in total. The van der Waals surface area contributed by atoms with Crippen LogP contribution in [0, 0.1) is 0 Å². The molecule has 0 saturated heterocycles. The van der Waals surface area contributed by atoms with Crippen molar-refractivity contribution in [3.05, 3.63) is 0 Å². The smallest absolute Gasteiger partial charge is 0.323 e. The number of likely N-dealkylation sites (N-methyl/N-ethyl adjacent to an activating group) is 1. The number of carboxylic acid groups (broad SMARTS) is 1. The second kappa shape index (κ2) is 5.23. The average molecular weight is 271 g/mol. The van der Waals surface area contributed by atoms with E-state index in [1.165, 1.54) is 0 Å². The third-order valence-corrected chi connectivity index (χ3v) is 4.74. The van der Waals surface area contributed by atoms with Crippen molar-refractivity contribution in [2.24, 2.45) is 7.05 Å². The number of aryl methyl sites for hydroxylation is 1. The summed E-state index contributed by atoms with van der Waals surface area (Å²) in [6.45, 7) is 0. The number of aliphatic carboxylic acids is 1. The molecule has 0 aliphatic heterocycles. The molecular formula is C10H17N5O2S. The number of rotatable bonds is 4. The van der Waals surface area contributed by atoms with E-state index >= 15 is 0 Å². The average Bonchev–Trinajstić information content (AvgIpc) is 2.75. The van der Waals surface area contributed by atoms with Crippen molar-refractivity contribution >= 4 is 17.7 Å². The zero-order valence-electron chi connectivity index (χ0n) is 10.5. The van der Waals surface area contributed by atoms with Gasteiger partial charge in [-0.15, -0.1) is 5.10 Å². The first kappa shape index (κ1) is 13.3. The molecule has 0 aromatic carbocycles. The largest absolute Gasteiger partial charge is 0.480 e. The van der Waals surface area contributed by atoms with Gasteiger partial charge in [0, 0.05) is 12.3 Å². The van der Waals surface area contributed by atoms with Crippen LogP contribution >= 0.6 is 11.8 Å². The zero-order chi connectivity index (χ0) is 13.2. The van der Waals surface area contributed by atoms with Crippen molar-refractivity contribution in [2.45, 2.75) is 41.6 Å². The van der Waals surface area contributed by atoms with Gasteiger partial charge in [-0.05, 0) is 43.2 Å². The van der Waals surface area contributed by atoms with Crippen LogP contribution in [0.25, 0.3) is 0 Å². The lowest BCUT2D eigenvalue weighted by molar-refractivity contribution is -0.146. The normalized spacial score (nSPS) is 28.2. The predicted octanol–water partition coefficient (Wildman–Crippen LogP) is 0.288. The van der Waals surface area contributed by atoms with E-state index in [0.29, 0.717) is 12.8 Å². The highest BCUT2D eigenvalue weighted by molar-refractivity contribution is 7.99. The van der Waals surface area contributed by atoms with Crippen LogP contribution in [0.2, 0.25) is 0 Å². The lowest BCUT2D eigenvalue weighted by Gasteiger charge is -2.36. The molecule has 0 spiro atoms. The number of tetrazole rings is 1. The van der Waals surface area contributed by atoms with E-state index in [0.717, 1.165) is 18.0 Å². The summed E-state index contributed by atoms with van der Waals surface area (Å²) in [5.41, 5.74) is -0.804. The Labute approximate surface area is 109 Å².